The van der Waals surface area contributed by atoms with Crippen LogP contribution in [-0.4, -0.2) is 49.3 Å². The van der Waals surface area contributed by atoms with Gasteiger partial charge in [0.1, 0.15) is 23.0 Å². The lowest BCUT2D eigenvalue weighted by atomic mass is 10.1. The Morgan fingerprint density at radius 1 is 1.20 bits per heavy atom. The van der Waals surface area contributed by atoms with Crippen molar-refractivity contribution < 1.29 is 27.9 Å². The average Bonchev–Trinajstić information content (AvgIpc) is 3.44. The van der Waals surface area contributed by atoms with Crippen LogP contribution in [0.5, 0.6) is 0 Å². The first-order valence-corrected chi connectivity index (χ1v) is 11.6. The zero-order chi connectivity index (χ0) is 24.9. The van der Waals surface area contributed by atoms with Crippen molar-refractivity contribution in [1.82, 2.24) is 4.90 Å². The molecule has 1 aliphatic rings. The summed E-state index contributed by atoms with van der Waals surface area (Å²) in [6, 6.07) is 14.4. The van der Waals surface area contributed by atoms with Crippen LogP contribution in [0.4, 0.5) is 10.1 Å². The van der Waals surface area contributed by atoms with Crippen LogP contribution in [0.15, 0.2) is 68.9 Å². The van der Waals surface area contributed by atoms with Gasteiger partial charge in [-0.3, -0.25) is 9.69 Å². The summed E-state index contributed by atoms with van der Waals surface area (Å²) in [5.41, 5.74) is 0.969. The van der Waals surface area contributed by atoms with E-state index in [-0.39, 0.29) is 28.7 Å². The zero-order valence-electron chi connectivity index (χ0n) is 18.8. The molecule has 180 valence electrons. The van der Waals surface area contributed by atoms with E-state index in [4.69, 9.17) is 25.5 Å². The highest BCUT2D eigenvalue weighted by Crippen LogP contribution is 2.35. The van der Waals surface area contributed by atoms with Crippen LogP contribution in [-0.2, 0) is 14.3 Å². The van der Waals surface area contributed by atoms with E-state index in [2.05, 4.69) is 4.99 Å². The highest BCUT2D eigenvalue weighted by atomic mass is 35.5. The molecule has 0 bridgehead atoms. The third-order valence-corrected chi connectivity index (χ3v) is 6.37. The van der Waals surface area contributed by atoms with E-state index in [0.717, 1.165) is 11.8 Å². The molecule has 10 heteroatoms. The lowest BCUT2D eigenvalue weighted by molar-refractivity contribution is -0.122. The van der Waals surface area contributed by atoms with E-state index >= 15 is 0 Å². The number of carbonyl (C=O) groups excluding carboxylic acids is 2. The van der Waals surface area contributed by atoms with Crippen molar-refractivity contribution in [1.29, 1.82) is 0 Å². The molecule has 1 saturated heterocycles. The summed E-state index contributed by atoms with van der Waals surface area (Å²) in [7, 11) is 2.81. The maximum absolute atomic E-state index is 14.1. The van der Waals surface area contributed by atoms with Crippen LogP contribution in [0.2, 0.25) is 5.02 Å². The van der Waals surface area contributed by atoms with Crippen LogP contribution in [0.25, 0.3) is 17.4 Å². The Hall–Kier alpha value is -3.40. The molecule has 0 spiro atoms. The van der Waals surface area contributed by atoms with Gasteiger partial charge in [0.25, 0.3) is 5.91 Å². The number of aliphatic imine (C=N–C) groups is 1. The standard InChI is InChI=1S/C25H20ClFN2O5S/c1-32-12-11-29-23(30)22(35-25(29)28-20-6-4-3-5-19(20)27)14-16-8-10-21(34-16)15-7-9-18(26)17(13-15)24(31)33-2/h3-10,13-14H,11-12H2,1-2H3/b22-14+,28-25?. The number of thioether (sulfide) groups is 1. The van der Waals surface area contributed by atoms with Crippen molar-refractivity contribution in [2.45, 2.75) is 0 Å². The molecule has 4 rings (SSSR count). The third-order valence-electron chi connectivity index (χ3n) is 5.03. The number of methoxy groups -OCH3 is 2. The van der Waals surface area contributed by atoms with Gasteiger partial charge in [-0.25, -0.2) is 14.2 Å². The molecule has 0 radical (unpaired) electrons. The van der Waals surface area contributed by atoms with Crippen LogP contribution in [0.3, 0.4) is 0 Å². The van der Waals surface area contributed by atoms with E-state index in [0.29, 0.717) is 33.8 Å². The molecule has 1 amide bonds. The van der Waals surface area contributed by atoms with Gasteiger partial charge in [-0.05, 0) is 54.2 Å². The van der Waals surface area contributed by atoms with Crippen molar-refractivity contribution in [3.05, 3.63) is 81.7 Å². The van der Waals surface area contributed by atoms with Crippen LogP contribution < -0.4 is 0 Å². The number of amides is 1. The molecule has 0 saturated carbocycles. The topological polar surface area (TPSA) is 81.3 Å². The predicted molar refractivity (Wildman–Crippen MR) is 133 cm³/mol. The van der Waals surface area contributed by atoms with E-state index < -0.39 is 11.8 Å². The number of benzene rings is 2. The van der Waals surface area contributed by atoms with Crippen molar-refractivity contribution >= 4 is 52.2 Å². The van der Waals surface area contributed by atoms with Crippen molar-refractivity contribution in [2.24, 2.45) is 4.99 Å². The number of ether oxygens (including phenoxy) is 2. The molecule has 0 N–H and O–H groups in total. The maximum Gasteiger partial charge on any atom is 0.339 e. The molecule has 0 atom stereocenters. The molecule has 2 heterocycles. The lowest BCUT2D eigenvalue weighted by Crippen LogP contribution is -2.32. The van der Waals surface area contributed by atoms with Gasteiger partial charge in [0, 0.05) is 18.7 Å². The van der Waals surface area contributed by atoms with Crippen molar-refractivity contribution in [3.63, 3.8) is 0 Å². The second-order valence-electron chi connectivity index (χ2n) is 7.29. The minimum Gasteiger partial charge on any atom is -0.465 e. The van der Waals surface area contributed by atoms with Gasteiger partial charge in [-0.15, -0.1) is 0 Å². The van der Waals surface area contributed by atoms with Crippen LogP contribution >= 0.6 is 23.4 Å². The second kappa shape index (κ2) is 10.9. The summed E-state index contributed by atoms with van der Waals surface area (Å²) in [5.74, 6) is -0.437. The normalized spacial score (nSPS) is 15.9. The van der Waals surface area contributed by atoms with E-state index in [1.54, 1.807) is 48.5 Å². The van der Waals surface area contributed by atoms with Gasteiger partial charge in [-0.1, -0.05) is 23.7 Å². The second-order valence-corrected chi connectivity index (χ2v) is 8.71. The molecule has 1 aliphatic heterocycles. The van der Waals surface area contributed by atoms with Gasteiger partial charge in [0.15, 0.2) is 5.17 Å². The monoisotopic (exact) mass is 514 g/mol. The average molecular weight is 515 g/mol. The highest BCUT2D eigenvalue weighted by molar-refractivity contribution is 8.18. The highest BCUT2D eigenvalue weighted by Gasteiger charge is 2.33. The number of para-hydroxylation sites is 1. The summed E-state index contributed by atoms with van der Waals surface area (Å²) in [4.78, 5) is 31.2. The zero-order valence-corrected chi connectivity index (χ0v) is 20.4. The molecular formula is C25H20ClFN2O5S. The fraction of sp³-hybridized carbons (Fsp3) is 0.160. The molecule has 1 fully saturated rings. The Balaban J connectivity index is 1.63. The smallest absolute Gasteiger partial charge is 0.339 e. The number of hydrogen-bond acceptors (Lipinski definition) is 7. The van der Waals surface area contributed by atoms with Gasteiger partial charge < -0.3 is 13.9 Å². The number of halogens is 2. The summed E-state index contributed by atoms with van der Waals surface area (Å²) < 4.78 is 29.9. The summed E-state index contributed by atoms with van der Waals surface area (Å²) in [6.45, 7) is 0.553. The molecule has 0 aliphatic carbocycles. The molecule has 1 aromatic heterocycles. The van der Waals surface area contributed by atoms with Crippen molar-refractivity contribution in [2.75, 3.05) is 27.4 Å². The minimum atomic E-state index is -0.559. The number of nitrogens with zero attached hydrogens (tertiary/aromatic N) is 2. The Morgan fingerprint density at radius 2 is 2.00 bits per heavy atom. The number of esters is 1. The largest absolute Gasteiger partial charge is 0.465 e. The molecule has 3 aromatic rings. The number of furan rings is 1. The predicted octanol–water partition coefficient (Wildman–Crippen LogP) is 5.78. The first kappa shape index (κ1) is 24.7. The van der Waals surface area contributed by atoms with E-state index in [1.165, 1.54) is 31.3 Å². The Kier molecular flexibility index (Phi) is 7.70. The first-order chi connectivity index (χ1) is 16.9. The maximum atomic E-state index is 14.1. The number of hydrogen-bond donors (Lipinski definition) is 0. The minimum absolute atomic E-state index is 0.135. The number of carbonyl (C=O) groups is 2. The Bertz CT molecular complexity index is 1340. The molecule has 35 heavy (non-hydrogen) atoms. The van der Waals surface area contributed by atoms with Crippen LogP contribution in [0.1, 0.15) is 16.1 Å². The van der Waals surface area contributed by atoms with Crippen molar-refractivity contribution in [3.8, 4) is 11.3 Å². The molecule has 2 aromatic carbocycles. The molecule has 0 unspecified atom stereocenters. The van der Waals surface area contributed by atoms with E-state index in [1.807, 2.05) is 0 Å². The number of amidine groups is 1. The SMILES string of the molecule is COCCN1C(=O)/C(=C\c2ccc(-c3ccc(Cl)c(C(=O)OC)c3)o2)SC1=Nc1ccccc1F. The van der Waals surface area contributed by atoms with Gasteiger partial charge in [-0.2, -0.15) is 0 Å². The van der Waals surface area contributed by atoms with E-state index in [9.17, 15) is 14.0 Å². The fourth-order valence-corrected chi connectivity index (χ4v) is 4.47. The quantitative estimate of drug-likeness (QED) is 0.294. The van der Waals surface area contributed by atoms with Gasteiger partial charge >= 0.3 is 5.97 Å². The third kappa shape index (κ3) is 5.48. The molecular weight excluding hydrogens is 495 g/mol. The summed E-state index contributed by atoms with van der Waals surface area (Å²) in [6.07, 6.45) is 1.59. The summed E-state index contributed by atoms with van der Waals surface area (Å²) >= 11 is 7.21. The van der Waals surface area contributed by atoms with Gasteiger partial charge in [0.05, 0.1) is 35.8 Å². The Labute approximate surface area is 210 Å². The molecule has 7 nitrogen and oxygen atoms in total. The first-order valence-electron chi connectivity index (χ1n) is 10.4. The Morgan fingerprint density at radius 3 is 2.74 bits per heavy atom. The fourth-order valence-electron chi connectivity index (χ4n) is 3.28. The summed E-state index contributed by atoms with van der Waals surface area (Å²) in [5, 5.41) is 0.607. The van der Waals surface area contributed by atoms with Gasteiger partial charge in [0.2, 0.25) is 0 Å². The lowest BCUT2D eigenvalue weighted by Gasteiger charge is -2.14. The van der Waals surface area contributed by atoms with Crippen LogP contribution in [0, 0.1) is 5.82 Å². The number of rotatable bonds is 7.